The number of amides is 2. The van der Waals surface area contributed by atoms with E-state index in [0.29, 0.717) is 0 Å². The van der Waals surface area contributed by atoms with Crippen LogP contribution in [0.1, 0.15) is 66.7 Å². The minimum atomic E-state index is -0.731. The first-order chi connectivity index (χ1) is 11.8. The van der Waals surface area contributed by atoms with Gasteiger partial charge in [-0.2, -0.15) is 0 Å². The molecule has 25 heavy (non-hydrogen) atoms. The summed E-state index contributed by atoms with van der Waals surface area (Å²) < 4.78 is 4.90. The van der Waals surface area contributed by atoms with Crippen LogP contribution in [0.5, 0.6) is 0 Å². The van der Waals surface area contributed by atoms with Gasteiger partial charge in [-0.15, -0.1) is 0 Å². The minimum Gasteiger partial charge on any atom is -0.464 e. The molecule has 0 spiro atoms. The summed E-state index contributed by atoms with van der Waals surface area (Å²) in [6.45, 7) is 9.53. The standard InChI is InChI=1S/C19H34N2O4/c1-6-14-8-10-15(11-9-14)17(22)21-16(12(3)4)18(23)20-13(5)19(24)25-7-2/h12-16H,6-11H2,1-5H3,(H,20,23)(H,21,22)/t13-,14?,15?,16-/m0/s1. The van der Waals surface area contributed by atoms with Gasteiger partial charge in [0.15, 0.2) is 0 Å². The predicted molar refractivity (Wildman–Crippen MR) is 96.7 cm³/mol. The maximum atomic E-state index is 12.6. The zero-order chi connectivity index (χ0) is 19.0. The molecule has 2 N–H and O–H groups in total. The summed E-state index contributed by atoms with van der Waals surface area (Å²) >= 11 is 0. The molecule has 2 atom stereocenters. The summed E-state index contributed by atoms with van der Waals surface area (Å²) in [6, 6.07) is -1.38. The summed E-state index contributed by atoms with van der Waals surface area (Å²) in [5, 5.41) is 5.53. The Labute approximate surface area is 151 Å². The summed E-state index contributed by atoms with van der Waals surface area (Å²) in [5.74, 6) is -0.218. The Kier molecular flexibility index (Phi) is 8.93. The van der Waals surface area contributed by atoms with Gasteiger partial charge < -0.3 is 15.4 Å². The molecule has 1 saturated carbocycles. The van der Waals surface area contributed by atoms with Gasteiger partial charge >= 0.3 is 5.97 Å². The number of rotatable bonds is 8. The molecule has 6 nitrogen and oxygen atoms in total. The van der Waals surface area contributed by atoms with Crippen molar-refractivity contribution in [1.82, 2.24) is 10.6 Å². The van der Waals surface area contributed by atoms with Crippen LogP contribution in [0.3, 0.4) is 0 Å². The molecule has 0 saturated heterocycles. The average molecular weight is 354 g/mol. The van der Waals surface area contributed by atoms with E-state index in [0.717, 1.165) is 38.0 Å². The molecule has 0 radical (unpaired) electrons. The fourth-order valence-electron chi connectivity index (χ4n) is 3.27. The molecular weight excluding hydrogens is 320 g/mol. The van der Waals surface area contributed by atoms with Crippen molar-refractivity contribution in [2.75, 3.05) is 6.61 Å². The molecular formula is C19H34N2O4. The SMILES string of the molecule is CCOC(=O)[C@H](C)NC(=O)[C@@H](NC(=O)C1CCC(CC)CC1)C(C)C. The highest BCUT2D eigenvalue weighted by atomic mass is 16.5. The Morgan fingerprint density at radius 2 is 1.60 bits per heavy atom. The van der Waals surface area contributed by atoms with Crippen LogP contribution < -0.4 is 10.6 Å². The van der Waals surface area contributed by atoms with Gasteiger partial charge in [0.25, 0.3) is 0 Å². The molecule has 144 valence electrons. The average Bonchev–Trinajstić information content (AvgIpc) is 2.59. The Bertz CT molecular complexity index is 456. The van der Waals surface area contributed by atoms with E-state index >= 15 is 0 Å². The highest BCUT2D eigenvalue weighted by molar-refractivity contribution is 5.91. The highest BCUT2D eigenvalue weighted by Gasteiger charge is 2.31. The van der Waals surface area contributed by atoms with Gasteiger partial charge in [0.05, 0.1) is 6.61 Å². The third kappa shape index (κ3) is 6.67. The third-order valence-electron chi connectivity index (χ3n) is 5.04. The second-order valence-corrected chi connectivity index (χ2v) is 7.34. The van der Waals surface area contributed by atoms with E-state index in [2.05, 4.69) is 17.6 Å². The van der Waals surface area contributed by atoms with Gasteiger partial charge in [-0.3, -0.25) is 9.59 Å². The summed E-state index contributed by atoms with van der Waals surface area (Å²) in [7, 11) is 0. The maximum Gasteiger partial charge on any atom is 0.328 e. The molecule has 1 aliphatic rings. The van der Waals surface area contributed by atoms with Gasteiger partial charge in [-0.1, -0.05) is 27.2 Å². The van der Waals surface area contributed by atoms with Crippen LogP contribution in [0.2, 0.25) is 0 Å². The Hall–Kier alpha value is -1.59. The van der Waals surface area contributed by atoms with E-state index in [1.807, 2.05) is 13.8 Å². The van der Waals surface area contributed by atoms with Crippen LogP contribution in [0, 0.1) is 17.8 Å². The maximum absolute atomic E-state index is 12.6. The van der Waals surface area contributed by atoms with E-state index in [4.69, 9.17) is 4.74 Å². The molecule has 0 aromatic heterocycles. The molecule has 0 aliphatic heterocycles. The fourth-order valence-corrected chi connectivity index (χ4v) is 3.27. The molecule has 1 rings (SSSR count). The number of esters is 1. The van der Waals surface area contributed by atoms with Gasteiger partial charge in [0.2, 0.25) is 11.8 Å². The van der Waals surface area contributed by atoms with Crippen LogP contribution in [-0.2, 0) is 19.1 Å². The van der Waals surface area contributed by atoms with Crippen LogP contribution in [0.15, 0.2) is 0 Å². The van der Waals surface area contributed by atoms with Crippen molar-refractivity contribution in [3.05, 3.63) is 0 Å². The van der Waals surface area contributed by atoms with Crippen LogP contribution >= 0.6 is 0 Å². The van der Waals surface area contributed by atoms with Crippen molar-refractivity contribution in [2.24, 2.45) is 17.8 Å². The number of nitrogens with one attached hydrogen (secondary N) is 2. The van der Waals surface area contributed by atoms with Gasteiger partial charge in [-0.05, 0) is 51.4 Å². The molecule has 0 aromatic carbocycles. The Morgan fingerprint density at radius 1 is 1.00 bits per heavy atom. The second-order valence-electron chi connectivity index (χ2n) is 7.34. The lowest BCUT2D eigenvalue weighted by Gasteiger charge is -2.29. The largest absolute Gasteiger partial charge is 0.464 e. The van der Waals surface area contributed by atoms with Crippen molar-refractivity contribution in [2.45, 2.75) is 78.8 Å². The monoisotopic (exact) mass is 354 g/mol. The van der Waals surface area contributed by atoms with E-state index in [-0.39, 0.29) is 30.3 Å². The lowest BCUT2D eigenvalue weighted by Crippen LogP contribution is -2.54. The van der Waals surface area contributed by atoms with E-state index in [1.165, 1.54) is 0 Å². The Morgan fingerprint density at radius 3 is 2.08 bits per heavy atom. The van der Waals surface area contributed by atoms with E-state index in [1.54, 1.807) is 13.8 Å². The van der Waals surface area contributed by atoms with Crippen molar-refractivity contribution >= 4 is 17.8 Å². The van der Waals surface area contributed by atoms with Crippen LogP contribution in [0.25, 0.3) is 0 Å². The predicted octanol–water partition coefficient (Wildman–Crippen LogP) is 2.41. The highest BCUT2D eigenvalue weighted by Crippen LogP contribution is 2.30. The molecule has 0 aromatic rings. The fraction of sp³-hybridized carbons (Fsp3) is 0.842. The quantitative estimate of drug-likeness (QED) is 0.656. The zero-order valence-electron chi connectivity index (χ0n) is 16.3. The zero-order valence-corrected chi connectivity index (χ0v) is 16.3. The number of hydrogen-bond donors (Lipinski definition) is 2. The van der Waals surface area contributed by atoms with E-state index < -0.39 is 18.1 Å². The lowest BCUT2D eigenvalue weighted by molar-refractivity contribution is -0.147. The molecule has 0 bridgehead atoms. The Balaban J connectivity index is 2.59. The van der Waals surface area contributed by atoms with Crippen molar-refractivity contribution in [3.8, 4) is 0 Å². The van der Waals surface area contributed by atoms with Crippen LogP contribution in [-0.4, -0.2) is 36.5 Å². The summed E-state index contributed by atoms with van der Waals surface area (Å²) in [4.78, 5) is 36.7. The molecule has 0 unspecified atom stereocenters. The number of carbonyl (C=O) groups is 3. The van der Waals surface area contributed by atoms with Crippen molar-refractivity contribution < 1.29 is 19.1 Å². The lowest BCUT2D eigenvalue weighted by atomic mass is 9.80. The molecule has 2 amide bonds. The number of carbonyl (C=O) groups excluding carboxylic acids is 3. The molecule has 1 aliphatic carbocycles. The number of ether oxygens (including phenoxy) is 1. The molecule has 6 heteroatoms. The minimum absolute atomic E-state index is 0.0145. The molecule has 0 heterocycles. The number of hydrogen-bond acceptors (Lipinski definition) is 4. The van der Waals surface area contributed by atoms with E-state index in [9.17, 15) is 14.4 Å². The first-order valence-corrected chi connectivity index (χ1v) is 9.57. The summed E-state index contributed by atoms with van der Waals surface area (Å²) in [6.07, 6.45) is 5.09. The van der Waals surface area contributed by atoms with Gasteiger partial charge in [0, 0.05) is 5.92 Å². The van der Waals surface area contributed by atoms with Crippen LogP contribution in [0.4, 0.5) is 0 Å². The van der Waals surface area contributed by atoms with Crippen molar-refractivity contribution in [3.63, 3.8) is 0 Å². The second kappa shape index (κ2) is 10.4. The summed E-state index contributed by atoms with van der Waals surface area (Å²) in [5.41, 5.74) is 0. The van der Waals surface area contributed by atoms with Gasteiger partial charge in [0.1, 0.15) is 12.1 Å². The van der Waals surface area contributed by atoms with Crippen molar-refractivity contribution in [1.29, 1.82) is 0 Å². The first-order valence-electron chi connectivity index (χ1n) is 9.57. The third-order valence-corrected chi connectivity index (χ3v) is 5.04. The normalized spacial score (nSPS) is 22.8. The first kappa shape index (κ1) is 21.5. The topological polar surface area (TPSA) is 84.5 Å². The smallest absolute Gasteiger partial charge is 0.328 e. The molecule has 1 fully saturated rings. The van der Waals surface area contributed by atoms with Gasteiger partial charge in [-0.25, -0.2) is 4.79 Å².